The van der Waals surface area contributed by atoms with Gasteiger partial charge in [-0.05, 0) is 26.3 Å². The number of nitriles is 1. The molecule has 0 aromatic rings. The fraction of sp³-hybridized carbons (Fsp3) is 0.818. The minimum Gasteiger partial charge on any atom is -0.344 e. The van der Waals surface area contributed by atoms with Gasteiger partial charge in [0.1, 0.15) is 0 Å². The molecule has 0 aromatic heterocycles. The lowest BCUT2D eigenvalue weighted by molar-refractivity contribution is -0.135. The van der Waals surface area contributed by atoms with E-state index in [0.29, 0.717) is 6.54 Å². The van der Waals surface area contributed by atoms with Crippen LogP contribution in [0.4, 0.5) is 0 Å². The van der Waals surface area contributed by atoms with Crippen LogP contribution in [0, 0.1) is 23.2 Å². The number of amides is 1. The van der Waals surface area contributed by atoms with E-state index in [1.807, 2.05) is 6.92 Å². The molecule has 1 rings (SSSR count). The number of hydrogen-bond acceptors (Lipinski definition) is 3. The van der Waals surface area contributed by atoms with Crippen LogP contribution in [-0.4, -0.2) is 37.5 Å². The molecule has 0 bridgehead atoms. The van der Waals surface area contributed by atoms with Gasteiger partial charge in [-0.2, -0.15) is 5.26 Å². The van der Waals surface area contributed by atoms with Crippen LogP contribution in [0.2, 0.25) is 0 Å². The zero-order valence-corrected chi connectivity index (χ0v) is 9.49. The van der Waals surface area contributed by atoms with Crippen LogP contribution in [0.15, 0.2) is 0 Å². The first kappa shape index (κ1) is 12.0. The van der Waals surface area contributed by atoms with Gasteiger partial charge in [-0.1, -0.05) is 0 Å². The molecular weight excluding hydrogens is 190 g/mol. The SMILES string of the molecule is CC(C#N)CN(C)C(=O)C1CCCNC1. The molecule has 1 aliphatic rings. The van der Waals surface area contributed by atoms with E-state index in [0.717, 1.165) is 25.9 Å². The molecular formula is C11H19N3O. The second-order valence-electron chi connectivity index (χ2n) is 4.29. The maximum absolute atomic E-state index is 11.9. The van der Waals surface area contributed by atoms with Crippen molar-refractivity contribution in [1.82, 2.24) is 10.2 Å². The molecule has 15 heavy (non-hydrogen) atoms. The lowest BCUT2D eigenvalue weighted by Crippen LogP contribution is -2.42. The first-order chi connectivity index (χ1) is 7.15. The second-order valence-corrected chi connectivity index (χ2v) is 4.29. The van der Waals surface area contributed by atoms with E-state index in [9.17, 15) is 4.79 Å². The molecule has 0 aliphatic carbocycles. The maximum Gasteiger partial charge on any atom is 0.226 e. The van der Waals surface area contributed by atoms with Crippen LogP contribution in [0.3, 0.4) is 0 Å². The fourth-order valence-electron chi connectivity index (χ4n) is 1.92. The number of nitrogens with one attached hydrogen (secondary N) is 1. The number of carbonyl (C=O) groups excluding carboxylic acids is 1. The molecule has 0 aromatic carbocycles. The lowest BCUT2D eigenvalue weighted by Gasteiger charge is -2.27. The van der Waals surface area contributed by atoms with Gasteiger partial charge in [0.05, 0.1) is 17.9 Å². The molecule has 84 valence electrons. The van der Waals surface area contributed by atoms with Crippen molar-refractivity contribution in [1.29, 1.82) is 5.26 Å². The van der Waals surface area contributed by atoms with Crippen molar-refractivity contribution in [3.63, 3.8) is 0 Å². The van der Waals surface area contributed by atoms with Gasteiger partial charge in [0.25, 0.3) is 0 Å². The highest BCUT2D eigenvalue weighted by Crippen LogP contribution is 2.13. The van der Waals surface area contributed by atoms with Crippen molar-refractivity contribution in [2.45, 2.75) is 19.8 Å². The second kappa shape index (κ2) is 5.72. The summed E-state index contributed by atoms with van der Waals surface area (Å²) >= 11 is 0. The van der Waals surface area contributed by atoms with Gasteiger partial charge < -0.3 is 10.2 Å². The average molecular weight is 209 g/mol. The largest absolute Gasteiger partial charge is 0.344 e. The van der Waals surface area contributed by atoms with E-state index in [1.54, 1.807) is 11.9 Å². The van der Waals surface area contributed by atoms with Gasteiger partial charge >= 0.3 is 0 Å². The summed E-state index contributed by atoms with van der Waals surface area (Å²) in [5, 5.41) is 11.9. The van der Waals surface area contributed by atoms with E-state index >= 15 is 0 Å². The summed E-state index contributed by atoms with van der Waals surface area (Å²) in [6.07, 6.45) is 2.04. The highest BCUT2D eigenvalue weighted by Gasteiger charge is 2.24. The Morgan fingerprint density at radius 3 is 3.00 bits per heavy atom. The van der Waals surface area contributed by atoms with Crippen LogP contribution in [0.25, 0.3) is 0 Å². The minimum absolute atomic E-state index is 0.0875. The molecule has 1 amide bonds. The quantitative estimate of drug-likeness (QED) is 0.740. The highest BCUT2D eigenvalue weighted by molar-refractivity contribution is 5.78. The fourth-order valence-corrected chi connectivity index (χ4v) is 1.92. The topological polar surface area (TPSA) is 56.1 Å². The third kappa shape index (κ3) is 3.52. The van der Waals surface area contributed by atoms with Crippen LogP contribution in [0.5, 0.6) is 0 Å². The normalized spacial score (nSPS) is 22.9. The molecule has 0 radical (unpaired) electrons. The lowest BCUT2D eigenvalue weighted by atomic mass is 9.98. The standard InChI is InChI=1S/C11H19N3O/c1-9(6-12)8-14(2)11(15)10-4-3-5-13-7-10/h9-10,13H,3-5,7-8H2,1-2H3. The van der Waals surface area contributed by atoms with Gasteiger partial charge in [-0.25, -0.2) is 0 Å². The van der Waals surface area contributed by atoms with Crippen molar-refractivity contribution in [2.75, 3.05) is 26.7 Å². The molecule has 1 saturated heterocycles. The molecule has 1 N–H and O–H groups in total. The summed E-state index contributed by atoms with van der Waals surface area (Å²) in [4.78, 5) is 13.6. The molecule has 4 heteroatoms. The first-order valence-corrected chi connectivity index (χ1v) is 5.50. The Morgan fingerprint density at radius 1 is 1.73 bits per heavy atom. The number of hydrogen-bond donors (Lipinski definition) is 1. The summed E-state index contributed by atoms with van der Waals surface area (Å²) in [6, 6.07) is 2.14. The van der Waals surface area contributed by atoms with Crippen molar-refractivity contribution < 1.29 is 4.79 Å². The Morgan fingerprint density at radius 2 is 2.47 bits per heavy atom. The van der Waals surface area contributed by atoms with Crippen LogP contribution < -0.4 is 5.32 Å². The summed E-state index contributed by atoms with van der Waals surface area (Å²) < 4.78 is 0. The summed E-state index contributed by atoms with van der Waals surface area (Å²) in [6.45, 7) is 4.17. The van der Waals surface area contributed by atoms with Crippen LogP contribution >= 0.6 is 0 Å². The van der Waals surface area contributed by atoms with Crippen molar-refractivity contribution in [3.05, 3.63) is 0 Å². The summed E-state index contributed by atoms with van der Waals surface area (Å²) in [5.74, 6) is 0.189. The third-order valence-electron chi connectivity index (χ3n) is 2.79. The number of piperidine rings is 1. The van der Waals surface area contributed by atoms with E-state index in [2.05, 4.69) is 11.4 Å². The van der Waals surface area contributed by atoms with Gasteiger partial charge in [-0.3, -0.25) is 4.79 Å². The van der Waals surface area contributed by atoms with Crippen molar-refractivity contribution >= 4 is 5.91 Å². The van der Waals surface area contributed by atoms with E-state index in [-0.39, 0.29) is 17.7 Å². The molecule has 2 unspecified atom stereocenters. The zero-order valence-electron chi connectivity index (χ0n) is 9.49. The Bertz CT molecular complexity index is 253. The van der Waals surface area contributed by atoms with Gasteiger partial charge in [0, 0.05) is 20.1 Å². The third-order valence-corrected chi connectivity index (χ3v) is 2.79. The number of carbonyl (C=O) groups is 1. The van der Waals surface area contributed by atoms with Gasteiger partial charge in [-0.15, -0.1) is 0 Å². The Hall–Kier alpha value is -1.08. The molecule has 4 nitrogen and oxygen atoms in total. The molecule has 0 saturated carbocycles. The van der Waals surface area contributed by atoms with Crippen molar-refractivity contribution in [2.24, 2.45) is 11.8 Å². The molecule has 1 aliphatic heterocycles. The van der Waals surface area contributed by atoms with Gasteiger partial charge in [0.15, 0.2) is 0 Å². The number of nitrogens with zero attached hydrogens (tertiary/aromatic N) is 2. The molecule has 1 heterocycles. The predicted octanol–water partition coefficient (Wildman–Crippen LogP) is 0.604. The summed E-state index contributed by atoms with van der Waals surface area (Å²) in [5.41, 5.74) is 0. The predicted molar refractivity (Wildman–Crippen MR) is 58.0 cm³/mol. The Kier molecular flexibility index (Phi) is 4.57. The van der Waals surface area contributed by atoms with E-state index < -0.39 is 0 Å². The Labute approximate surface area is 91.2 Å². The Balaban J connectivity index is 2.41. The van der Waals surface area contributed by atoms with Crippen LogP contribution in [0.1, 0.15) is 19.8 Å². The zero-order chi connectivity index (χ0) is 11.3. The molecule has 2 atom stereocenters. The van der Waals surface area contributed by atoms with Crippen molar-refractivity contribution in [3.8, 4) is 6.07 Å². The van der Waals surface area contributed by atoms with E-state index in [1.165, 1.54) is 0 Å². The maximum atomic E-state index is 11.9. The summed E-state index contributed by atoms with van der Waals surface area (Å²) in [7, 11) is 1.78. The monoisotopic (exact) mass is 209 g/mol. The first-order valence-electron chi connectivity index (χ1n) is 5.50. The highest BCUT2D eigenvalue weighted by atomic mass is 16.2. The molecule has 0 spiro atoms. The minimum atomic E-state index is -0.0875. The van der Waals surface area contributed by atoms with E-state index in [4.69, 9.17) is 5.26 Å². The van der Waals surface area contributed by atoms with Crippen LogP contribution in [-0.2, 0) is 4.79 Å². The molecule has 1 fully saturated rings. The number of rotatable bonds is 3. The average Bonchev–Trinajstić information content (AvgIpc) is 2.29. The van der Waals surface area contributed by atoms with Gasteiger partial charge in [0.2, 0.25) is 5.91 Å². The smallest absolute Gasteiger partial charge is 0.226 e.